The van der Waals surface area contributed by atoms with Crippen LogP contribution in [0, 0.1) is 5.82 Å². The van der Waals surface area contributed by atoms with E-state index in [0.29, 0.717) is 0 Å². The van der Waals surface area contributed by atoms with Crippen molar-refractivity contribution in [2.75, 3.05) is 5.32 Å². The summed E-state index contributed by atoms with van der Waals surface area (Å²) in [7, 11) is 0. The zero-order valence-corrected chi connectivity index (χ0v) is 13.1. The number of hydrogen-bond acceptors (Lipinski definition) is 2. The van der Waals surface area contributed by atoms with Crippen molar-refractivity contribution in [3.63, 3.8) is 0 Å². The van der Waals surface area contributed by atoms with Gasteiger partial charge in [-0.1, -0.05) is 15.9 Å². The first kappa shape index (κ1) is 16.5. The van der Waals surface area contributed by atoms with Gasteiger partial charge in [0.05, 0.1) is 4.83 Å². The third-order valence-corrected chi connectivity index (χ3v) is 3.36. The van der Waals surface area contributed by atoms with Crippen molar-refractivity contribution in [1.82, 2.24) is 4.98 Å². The van der Waals surface area contributed by atoms with Crippen molar-refractivity contribution in [2.45, 2.75) is 17.7 Å². The molecular formula is C15H12BrF3N2O. The minimum absolute atomic E-state index is 0.176. The molecule has 1 unspecified atom stereocenters. The number of nitrogens with zero attached hydrogens (tertiary/aromatic N) is 1. The number of alkyl halides is 3. The van der Waals surface area contributed by atoms with Gasteiger partial charge in [0.25, 0.3) is 5.92 Å². The quantitative estimate of drug-likeness (QED) is 0.821. The van der Waals surface area contributed by atoms with Crippen molar-refractivity contribution in [1.29, 1.82) is 0 Å². The molecule has 0 fully saturated rings. The summed E-state index contributed by atoms with van der Waals surface area (Å²) in [6.45, 7) is 1.63. The third-order valence-electron chi connectivity index (χ3n) is 2.95. The summed E-state index contributed by atoms with van der Waals surface area (Å²) < 4.78 is 41.4. The lowest BCUT2D eigenvalue weighted by Gasteiger charge is -2.17. The SMILES string of the molecule is CC(Br)C(=O)Nc1ccc(C(F)(F)c2ccc(F)cc2)cn1. The molecule has 0 bridgehead atoms. The standard InChI is InChI=1S/C15H12BrF3N2O/c1-9(16)14(22)21-13-7-4-11(8-20-13)15(18,19)10-2-5-12(17)6-3-10/h2-9H,1H3,(H,20,21,22). The molecule has 1 amide bonds. The fourth-order valence-corrected chi connectivity index (χ4v) is 1.82. The predicted molar refractivity (Wildman–Crippen MR) is 80.7 cm³/mol. The summed E-state index contributed by atoms with van der Waals surface area (Å²) >= 11 is 3.09. The fraction of sp³-hybridized carbons (Fsp3) is 0.200. The van der Waals surface area contributed by atoms with Crippen LogP contribution in [0.25, 0.3) is 0 Å². The molecule has 2 aromatic rings. The Labute approximate surface area is 133 Å². The summed E-state index contributed by atoms with van der Waals surface area (Å²) in [6.07, 6.45) is 0.984. The van der Waals surface area contributed by atoms with Crippen LogP contribution in [0.1, 0.15) is 18.1 Å². The molecule has 3 nitrogen and oxygen atoms in total. The lowest BCUT2D eigenvalue weighted by Crippen LogP contribution is -2.21. The van der Waals surface area contributed by atoms with Crippen LogP contribution in [0.2, 0.25) is 0 Å². The van der Waals surface area contributed by atoms with Gasteiger partial charge in [-0.2, -0.15) is 8.78 Å². The van der Waals surface area contributed by atoms with E-state index in [0.717, 1.165) is 30.5 Å². The number of anilines is 1. The second-order valence-electron chi connectivity index (χ2n) is 4.62. The molecule has 1 N–H and O–H groups in total. The number of amides is 1. The summed E-state index contributed by atoms with van der Waals surface area (Å²) in [4.78, 5) is 14.8. The van der Waals surface area contributed by atoms with Gasteiger partial charge in [0.1, 0.15) is 11.6 Å². The van der Waals surface area contributed by atoms with Crippen LogP contribution in [0.3, 0.4) is 0 Å². The fourth-order valence-electron chi connectivity index (χ4n) is 1.71. The Bertz CT molecular complexity index is 657. The normalized spacial score (nSPS) is 12.8. The molecular weight excluding hydrogens is 361 g/mol. The Balaban J connectivity index is 2.22. The summed E-state index contributed by atoms with van der Waals surface area (Å²) in [5.41, 5.74) is -0.675. The van der Waals surface area contributed by atoms with Gasteiger partial charge in [-0.3, -0.25) is 4.79 Å². The highest BCUT2D eigenvalue weighted by Crippen LogP contribution is 2.35. The highest BCUT2D eigenvalue weighted by Gasteiger charge is 2.34. The van der Waals surface area contributed by atoms with Crippen molar-refractivity contribution >= 4 is 27.7 Å². The van der Waals surface area contributed by atoms with Crippen LogP contribution >= 0.6 is 15.9 Å². The number of pyridine rings is 1. The first-order valence-corrected chi connectivity index (χ1v) is 7.27. The largest absolute Gasteiger partial charge is 0.310 e. The Morgan fingerprint density at radius 1 is 1.18 bits per heavy atom. The molecule has 0 spiro atoms. The van der Waals surface area contributed by atoms with E-state index in [-0.39, 0.29) is 22.9 Å². The average Bonchev–Trinajstić information content (AvgIpc) is 2.48. The van der Waals surface area contributed by atoms with E-state index in [1.165, 1.54) is 12.1 Å². The molecule has 0 aliphatic carbocycles. The number of nitrogens with one attached hydrogen (secondary N) is 1. The number of benzene rings is 1. The average molecular weight is 373 g/mol. The summed E-state index contributed by atoms with van der Waals surface area (Å²) in [5, 5.41) is 2.48. The molecule has 1 aromatic heterocycles. The zero-order chi connectivity index (χ0) is 16.3. The first-order valence-electron chi connectivity index (χ1n) is 6.36. The van der Waals surface area contributed by atoms with E-state index >= 15 is 0 Å². The van der Waals surface area contributed by atoms with Crippen LogP contribution in [-0.4, -0.2) is 15.7 Å². The minimum Gasteiger partial charge on any atom is -0.310 e. The van der Waals surface area contributed by atoms with Crippen molar-refractivity contribution in [3.8, 4) is 0 Å². The summed E-state index contributed by atoms with van der Waals surface area (Å²) in [6, 6.07) is 6.46. The monoisotopic (exact) mass is 372 g/mol. The van der Waals surface area contributed by atoms with Crippen LogP contribution in [0.4, 0.5) is 19.0 Å². The highest BCUT2D eigenvalue weighted by molar-refractivity contribution is 9.10. The van der Waals surface area contributed by atoms with E-state index in [4.69, 9.17) is 0 Å². The third kappa shape index (κ3) is 3.65. The van der Waals surface area contributed by atoms with Crippen molar-refractivity contribution < 1.29 is 18.0 Å². The number of carbonyl (C=O) groups excluding carboxylic acids is 1. The Morgan fingerprint density at radius 3 is 2.27 bits per heavy atom. The second-order valence-corrected chi connectivity index (χ2v) is 5.99. The molecule has 1 aromatic carbocycles. The molecule has 2 rings (SSSR count). The van der Waals surface area contributed by atoms with Gasteiger partial charge in [0.2, 0.25) is 5.91 Å². The van der Waals surface area contributed by atoms with Gasteiger partial charge >= 0.3 is 0 Å². The first-order chi connectivity index (χ1) is 10.3. The maximum absolute atomic E-state index is 14.3. The predicted octanol–water partition coefficient (Wildman–Crippen LogP) is 4.08. The van der Waals surface area contributed by atoms with Crippen LogP contribution in [0.5, 0.6) is 0 Å². The number of halogens is 4. The Hall–Kier alpha value is -1.89. The Morgan fingerprint density at radius 2 is 1.77 bits per heavy atom. The van der Waals surface area contributed by atoms with E-state index < -0.39 is 16.6 Å². The molecule has 7 heteroatoms. The maximum Gasteiger partial charge on any atom is 0.299 e. The lowest BCUT2D eigenvalue weighted by molar-refractivity contribution is -0.115. The highest BCUT2D eigenvalue weighted by atomic mass is 79.9. The van der Waals surface area contributed by atoms with E-state index in [2.05, 4.69) is 26.2 Å². The van der Waals surface area contributed by atoms with Gasteiger partial charge in [0, 0.05) is 17.3 Å². The molecule has 0 aliphatic heterocycles. The number of carbonyl (C=O) groups is 1. The van der Waals surface area contributed by atoms with E-state index in [1.807, 2.05) is 0 Å². The van der Waals surface area contributed by atoms with Crippen LogP contribution in [-0.2, 0) is 10.7 Å². The number of hydrogen-bond donors (Lipinski definition) is 1. The minimum atomic E-state index is -3.30. The van der Waals surface area contributed by atoms with Gasteiger partial charge in [-0.05, 0) is 43.3 Å². The Kier molecular flexibility index (Phi) is 4.85. The smallest absolute Gasteiger partial charge is 0.299 e. The molecule has 22 heavy (non-hydrogen) atoms. The molecule has 0 radical (unpaired) electrons. The van der Waals surface area contributed by atoms with Crippen LogP contribution < -0.4 is 5.32 Å². The topological polar surface area (TPSA) is 42.0 Å². The molecule has 0 saturated carbocycles. The lowest BCUT2D eigenvalue weighted by atomic mass is 10.0. The molecule has 0 aliphatic rings. The zero-order valence-electron chi connectivity index (χ0n) is 11.5. The van der Waals surface area contributed by atoms with Gasteiger partial charge in [-0.25, -0.2) is 9.37 Å². The molecule has 1 atom stereocenters. The maximum atomic E-state index is 14.3. The second kappa shape index (κ2) is 6.48. The van der Waals surface area contributed by atoms with Crippen molar-refractivity contribution in [3.05, 3.63) is 59.5 Å². The number of rotatable bonds is 4. The van der Waals surface area contributed by atoms with Gasteiger partial charge in [-0.15, -0.1) is 0 Å². The van der Waals surface area contributed by atoms with Gasteiger partial charge < -0.3 is 5.32 Å². The molecule has 116 valence electrons. The van der Waals surface area contributed by atoms with E-state index in [9.17, 15) is 18.0 Å². The van der Waals surface area contributed by atoms with Crippen molar-refractivity contribution in [2.24, 2.45) is 0 Å². The molecule has 1 heterocycles. The van der Waals surface area contributed by atoms with E-state index in [1.54, 1.807) is 6.92 Å². The van der Waals surface area contributed by atoms with Gasteiger partial charge in [0.15, 0.2) is 0 Å². The summed E-state index contributed by atoms with van der Waals surface area (Å²) in [5.74, 6) is -4.04. The van der Waals surface area contributed by atoms with Crippen LogP contribution in [0.15, 0.2) is 42.6 Å². The number of aromatic nitrogens is 1. The molecule has 0 saturated heterocycles.